The molecule has 1 aliphatic heterocycles. The van der Waals surface area contributed by atoms with Gasteiger partial charge in [0, 0.05) is 10.1 Å². The fraction of sp³-hybridized carbons (Fsp3) is 0.154. The van der Waals surface area contributed by atoms with Crippen LogP contribution in [0.1, 0.15) is 6.92 Å². The fourth-order valence-electron chi connectivity index (χ4n) is 2.21. The van der Waals surface area contributed by atoms with E-state index in [0.29, 0.717) is 9.86 Å². The van der Waals surface area contributed by atoms with E-state index in [9.17, 15) is 9.59 Å². The lowest BCUT2D eigenvalue weighted by molar-refractivity contribution is -0.116. The second-order valence-corrected chi connectivity index (χ2v) is 6.91. The zero-order valence-corrected chi connectivity index (χ0v) is 12.0. The number of aromatic nitrogens is 2. The third kappa shape index (κ3) is 1.53. The van der Waals surface area contributed by atoms with Gasteiger partial charge < -0.3 is 0 Å². The van der Waals surface area contributed by atoms with Crippen LogP contribution in [0, 0.1) is 0 Å². The lowest BCUT2D eigenvalue weighted by atomic mass is 10.2. The van der Waals surface area contributed by atoms with Gasteiger partial charge in [-0.15, -0.1) is 11.3 Å². The number of carbonyl (C=O) groups excluding carboxylic acids is 1. The van der Waals surface area contributed by atoms with E-state index in [-0.39, 0.29) is 16.7 Å². The molecule has 3 heterocycles. The van der Waals surface area contributed by atoms with Crippen LogP contribution >= 0.6 is 23.1 Å². The first kappa shape index (κ1) is 11.9. The molecular weight excluding hydrogens is 294 g/mol. The first-order valence-corrected chi connectivity index (χ1v) is 7.76. The zero-order valence-electron chi connectivity index (χ0n) is 10.4. The molecule has 0 bridgehead atoms. The quantitative estimate of drug-likeness (QED) is 0.647. The van der Waals surface area contributed by atoms with Crippen molar-refractivity contribution in [1.29, 1.82) is 0 Å². The summed E-state index contributed by atoms with van der Waals surface area (Å²) >= 11 is 2.71. The molecule has 1 amide bonds. The Morgan fingerprint density at radius 1 is 1.30 bits per heavy atom. The van der Waals surface area contributed by atoms with Crippen LogP contribution in [0.4, 0.5) is 0 Å². The fourth-order valence-corrected chi connectivity index (χ4v) is 4.14. The van der Waals surface area contributed by atoms with Crippen LogP contribution in [0.3, 0.4) is 0 Å². The minimum atomic E-state index is -0.246. The van der Waals surface area contributed by atoms with E-state index in [4.69, 9.17) is 0 Å². The first-order chi connectivity index (χ1) is 9.65. The molecule has 0 fully saturated rings. The van der Waals surface area contributed by atoms with Crippen molar-refractivity contribution in [1.82, 2.24) is 9.66 Å². The summed E-state index contributed by atoms with van der Waals surface area (Å²) in [5, 5.41) is 1.28. The highest BCUT2D eigenvalue weighted by Crippen LogP contribution is 2.33. The van der Waals surface area contributed by atoms with Crippen molar-refractivity contribution in [2.45, 2.75) is 17.3 Å². The third-order valence-electron chi connectivity index (χ3n) is 3.24. The number of benzene rings is 1. The Hall–Kier alpha value is -1.86. The topological polar surface area (TPSA) is 64.0 Å². The molecule has 1 aliphatic rings. The smallest absolute Gasteiger partial charge is 0.272 e. The van der Waals surface area contributed by atoms with E-state index >= 15 is 0 Å². The lowest BCUT2D eigenvalue weighted by Crippen LogP contribution is -2.42. The van der Waals surface area contributed by atoms with Gasteiger partial charge in [0.15, 0.2) is 5.16 Å². The van der Waals surface area contributed by atoms with Crippen molar-refractivity contribution in [2.24, 2.45) is 0 Å². The Kier molecular flexibility index (Phi) is 2.42. The summed E-state index contributed by atoms with van der Waals surface area (Å²) in [5.41, 5.74) is 3.11. The number of carbonyl (C=O) groups is 1. The second-order valence-electron chi connectivity index (χ2n) is 4.55. The highest BCUT2D eigenvalue weighted by molar-refractivity contribution is 8.00. The molecular formula is C13H9N3O2S2. The summed E-state index contributed by atoms with van der Waals surface area (Å²) in [4.78, 5) is 28.8. The molecule has 0 saturated carbocycles. The number of rotatable bonds is 0. The zero-order chi connectivity index (χ0) is 13.9. The van der Waals surface area contributed by atoms with Crippen molar-refractivity contribution in [3.8, 4) is 0 Å². The SMILES string of the molecule is CC1Sc2nc3c(sc4ccccc43)c(=O)n2NC1=O. The number of hydrogen-bond donors (Lipinski definition) is 1. The van der Waals surface area contributed by atoms with E-state index < -0.39 is 0 Å². The minimum absolute atomic E-state index is 0.174. The van der Waals surface area contributed by atoms with Gasteiger partial charge in [0.05, 0.1) is 10.8 Å². The van der Waals surface area contributed by atoms with Gasteiger partial charge in [0.1, 0.15) is 4.70 Å². The van der Waals surface area contributed by atoms with E-state index in [1.807, 2.05) is 24.3 Å². The number of thiophene rings is 1. The number of amides is 1. The van der Waals surface area contributed by atoms with Crippen LogP contribution < -0.4 is 11.0 Å². The van der Waals surface area contributed by atoms with Gasteiger partial charge in [-0.05, 0) is 13.0 Å². The highest BCUT2D eigenvalue weighted by Gasteiger charge is 2.27. The molecule has 1 aromatic carbocycles. The summed E-state index contributed by atoms with van der Waals surface area (Å²) in [6.45, 7) is 1.80. The van der Waals surface area contributed by atoms with E-state index in [1.54, 1.807) is 6.92 Å². The average Bonchev–Trinajstić information content (AvgIpc) is 2.81. The molecule has 0 aliphatic carbocycles. The van der Waals surface area contributed by atoms with Gasteiger partial charge in [-0.25, -0.2) is 4.98 Å². The van der Waals surface area contributed by atoms with Crippen LogP contribution in [0.2, 0.25) is 0 Å². The molecule has 7 heteroatoms. The molecule has 0 radical (unpaired) electrons. The monoisotopic (exact) mass is 303 g/mol. The van der Waals surface area contributed by atoms with Gasteiger partial charge in [0.2, 0.25) is 0 Å². The van der Waals surface area contributed by atoms with Crippen molar-refractivity contribution < 1.29 is 4.79 Å². The van der Waals surface area contributed by atoms with E-state index in [2.05, 4.69) is 10.4 Å². The summed E-state index contributed by atoms with van der Waals surface area (Å²) in [7, 11) is 0. The molecule has 5 nitrogen and oxygen atoms in total. The minimum Gasteiger partial charge on any atom is -0.272 e. The van der Waals surface area contributed by atoms with Crippen LogP contribution in [-0.2, 0) is 4.79 Å². The number of nitrogens with zero attached hydrogens (tertiary/aromatic N) is 2. The van der Waals surface area contributed by atoms with E-state index in [0.717, 1.165) is 15.6 Å². The standard InChI is InChI=1S/C13H9N3O2S2/c1-6-11(17)15-16-12(18)10-9(14-13(16)19-6)7-4-2-3-5-8(7)20-10/h2-6H,1H3,(H,15,17). The lowest BCUT2D eigenvalue weighted by Gasteiger charge is -2.21. The Labute approximate surface area is 121 Å². The molecule has 20 heavy (non-hydrogen) atoms. The number of thioether (sulfide) groups is 1. The average molecular weight is 303 g/mol. The van der Waals surface area contributed by atoms with Crippen molar-refractivity contribution in [2.75, 3.05) is 5.43 Å². The summed E-state index contributed by atoms with van der Waals surface area (Å²) in [6, 6.07) is 7.81. The van der Waals surface area contributed by atoms with E-state index in [1.165, 1.54) is 27.8 Å². The molecule has 1 atom stereocenters. The summed E-state index contributed by atoms with van der Waals surface area (Å²) < 4.78 is 2.86. The van der Waals surface area contributed by atoms with Crippen LogP contribution in [0.5, 0.6) is 0 Å². The molecule has 4 rings (SSSR count). The maximum Gasteiger partial charge on any atom is 0.291 e. The highest BCUT2D eigenvalue weighted by atomic mass is 32.2. The van der Waals surface area contributed by atoms with Crippen LogP contribution in [0.15, 0.2) is 34.2 Å². The Bertz CT molecular complexity index is 928. The maximum absolute atomic E-state index is 12.5. The van der Waals surface area contributed by atoms with Gasteiger partial charge in [-0.1, -0.05) is 30.0 Å². The van der Waals surface area contributed by atoms with Gasteiger partial charge >= 0.3 is 0 Å². The number of fused-ring (bicyclic) bond motifs is 4. The molecule has 0 saturated heterocycles. The van der Waals surface area contributed by atoms with Crippen LogP contribution in [-0.4, -0.2) is 20.8 Å². The third-order valence-corrected chi connectivity index (χ3v) is 5.44. The molecule has 2 aromatic heterocycles. The molecule has 1 unspecified atom stereocenters. The normalized spacial score (nSPS) is 18.2. The number of hydrogen-bond acceptors (Lipinski definition) is 5. The van der Waals surface area contributed by atoms with Crippen molar-refractivity contribution >= 4 is 49.3 Å². The van der Waals surface area contributed by atoms with Crippen LogP contribution in [0.25, 0.3) is 20.3 Å². The first-order valence-electron chi connectivity index (χ1n) is 6.07. The molecule has 1 N–H and O–H groups in total. The predicted octanol–water partition coefficient (Wildman–Crippen LogP) is 2.18. The van der Waals surface area contributed by atoms with Gasteiger partial charge in [-0.3, -0.25) is 15.0 Å². The predicted molar refractivity (Wildman–Crippen MR) is 81.1 cm³/mol. The second kappa shape index (κ2) is 4.07. The van der Waals surface area contributed by atoms with Gasteiger partial charge in [-0.2, -0.15) is 4.68 Å². The molecule has 100 valence electrons. The Morgan fingerprint density at radius 3 is 2.95 bits per heavy atom. The Morgan fingerprint density at radius 2 is 2.10 bits per heavy atom. The van der Waals surface area contributed by atoms with Crippen molar-refractivity contribution in [3.63, 3.8) is 0 Å². The molecule has 0 spiro atoms. The summed E-state index contributed by atoms with van der Waals surface area (Å²) in [5.74, 6) is -0.174. The van der Waals surface area contributed by atoms with Gasteiger partial charge in [0.25, 0.3) is 11.5 Å². The molecule has 3 aromatic rings. The summed E-state index contributed by atoms with van der Waals surface area (Å²) in [6.07, 6.45) is 0. The largest absolute Gasteiger partial charge is 0.291 e. The maximum atomic E-state index is 12.5. The Balaban J connectivity index is 2.13. The number of nitrogens with one attached hydrogen (secondary N) is 1. The van der Waals surface area contributed by atoms with Crippen molar-refractivity contribution in [3.05, 3.63) is 34.6 Å².